The van der Waals surface area contributed by atoms with E-state index in [4.69, 9.17) is 24.3 Å². The first-order chi connectivity index (χ1) is 27.8. The predicted octanol–water partition coefficient (Wildman–Crippen LogP) is 12.6. The summed E-state index contributed by atoms with van der Waals surface area (Å²) in [6, 6.07) is 0. The van der Waals surface area contributed by atoms with Gasteiger partial charge in [0.05, 0.1) is 13.2 Å². The van der Waals surface area contributed by atoms with Gasteiger partial charge in [-0.15, -0.1) is 0 Å². The Bertz CT molecular complexity index is 1250. The number of esters is 2. The quantitative estimate of drug-likeness (QED) is 0.0269. The van der Waals surface area contributed by atoms with Gasteiger partial charge >= 0.3 is 19.8 Å². The molecule has 0 aliphatic rings. The third kappa shape index (κ3) is 42.4. The molecule has 0 fully saturated rings. The van der Waals surface area contributed by atoms with Crippen LogP contribution in [-0.4, -0.2) is 49.3 Å². The number of phosphoric ester groups is 1. The van der Waals surface area contributed by atoms with Gasteiger partial charge in [-0.3, -0.25) is 18.6 Å². The number of allylic oxidation sites excluding steroid dienone is 16. The Hall–Kier alpha value is -3.07. The second-order valence-corrected chi connectivity index (χ2v) is 15.3. The van der Waals surface area contributed by atoms with Crippen LogP contribution >= 0.6 is 7.82 Å². The van der Waals surface area contributed by atoms with Crippen molar-refractivity contribution in [2.75, 3.05) is 26.4 Å². The van der Waals surface area contributed by atoms with E-state index < -0.39 is 32.5 Å². The van der Waals surface area contributed by atoms with Crippen LogP contribution in [0.4, 0.5) is 0 Å². The molecule has 324 valence electrons. The number of carbonyl (C=O) groups is 2. The molecule has 57 heavy (non-hydrogen) atoms. The summed E-state index contributed by atoms with van der Waals surface area (Å²) in [4.78, 5) is 34.9. The molecular formula is C47H78NO8P. The number of carbonyl (C=O) groups excluding carboxylic acids is 2. The van der Waals surface area contributed by atoms with E-state index in [1.165, 1.54) is 25.7 Å². The lowest BCUT2D eigenvalue weighted by molar-refractivity contribution is -0.161. The van der Waals surface area contributed by atoms with Crippen LogP contribution < -0.4 is 5.73 Å². The number of nitrogens with two attached hydrogens (primary N) is 1. The molecule has 0 saturated heterocycles. The van der Waals surface area contributed by atoms with Crippen LogP contribution in [0, 0.1) is 0 Å². The topological polar surface area (TPSA) is 134 Å². The molecule has 0 heterocycles. The Morgan fingerprint density at radius 3 is 1.44 bits per heavy atom. The van der Waals surface area contributed by atoms with Gasteiger partial charge in [-0.05, 0) is 96.3 Å². The van der Waals surface area contributed by atoms with E-state index in [-0.39, 0.29) is 32.6 Å². The van der Waals surface area contributed by atoms with Crippen molar-refractivity contribution in [3.05, 3.63) is 97.2 Å². The maximum atomic E-state index is 12.6. The number of rotatable bonds is 39. The molecule has 0 amide bonds. The van der Waals surface area contributed by atoms with E-state index in [1.54, 1.807) is 0 Å². The molecular weight excluding hydrogens is 737 g/mol. The molecule has 10 heteroatoms. The molecule has 2 atom stereocenters. The summed E-state index contributed by atoms with van der Waals surface area (Å²) in [5.41, 5.74) is 5.34. The summed E-state index contributed by atoms with van der Waals surface area (Å²) in [6.07, 6.45) is 54.3. The zero-order valence-electron chi connectivity index (χ0n) is 35.5. The molecule has 1 unspecified atom stereocenters. The van der Waals surface area contributed by atoms with Gasteiger partial charge in [-0.2, -0.15) is 0 Å². The van der Waals surface area contributed by atoms with Gasteiger partial charge in [0.15, 0.2) is 6.10 Å². The predicted molar refractivity (Wildman–Crippen MR) is 238 cm³/mol. The second-order valence-electron chi connectivity index (χ2n) is 13.8. The number of unbranched alkanes of at least 4 members (excludes halogenated alkanes) is 10. The summed E-state index contributed by atoms with van der Waals surface area (Å²) in [7, 11) is -4.40. The van der Waals surface area contributed by atoms with Crippen molar-refractivity contribution < 1.29 is 37.6 Å². The molecule has 9 nitrogen and oxygen atoms in total. The van der Waals surface area contributed by atoms with Crippen molar-refractivity contribution in [1.29, 1.82) is 0 Å². The van der Waals surface area contributed by atoms with E-state index in [2.05, 4.69) is 111 Å². The normalized spacial score (nSPS) is 14.2. The number of phosphoric acid groups is 1. The van der Waals surface area contributed by atoms with Gasteiger partial charge in [0.2, 0.25) is 0 Å². The first-order valence-corrected chi connectivity index (χ1v) is 23.2. The second kappa shape index (κ2) is 42.5. The summed E-state index contributed by atoms with van der Waals surface area (Å²) >= 11 is 0. The highest BCUT2D eigenvalue weighted by Gasteiger charge is 2.25. The van der Waals surface area contributed by atoms with Crippen LogP contribution in [0.15, 0.2) is 97.2 Å². The van der Waals surface area contributed by atoms with Crippen LogP contribution in [0.25, 0.3) is 0 Å². The van der Waals surface area contributed by atoms with Crippen molar-refractivity contribution in [2.24, 2.45) is 5.73 Å². The summed E-state index contributed by atoms with van der Waals surface area (Å²) in [6.45, 7) is 3.50. The highest BCUT2D eigenvalue weighted by Crippen LogP contribution is 2.43. The van der Waals surface area contributed by atoms with E-state index in [0.717, 1.165) is 89.9 Å². The molecule has 0 aromatic heterocycles. The Labute approximate surface area is 346 Å². The van der Waals surface area contributed by atoms with Crippen molar-refractivity contribution in [2.45, 2.75) is 161 Å². The van der Waals surface area contributed by atoms with Crippen molar-refractivity contribution in [3.8, 4) is 0 Å². The molecule has 0 aliphatic carbocycles. The lowest BCUT2D eigenvalue weighted by Gasteiger charge is -2.19. The molecule has 0 aromatic rings. The monoisotopic (exact) mass is 816 g/mol. The minimum atomic E-state index is -4.40. The van der Waals surface area contributed by atoms with E-state index in [0.29, 0.717) is 12.8 Å². The molecule has 0 bridgehead atoms. The summed E-state index contributed by atoms with van der Waals surface area (Å²) < 4.78 is 32.7. The molecule has 0 aliphatic heterocycles. The van der Waals surface area contributed by atoms with Crippen LogP contribution in [0.3, 0.4) is 0 Å². The lowest BCUT2D eigenvalue weighted by atomic mass is 10.1. The standard InChI is InChI=1S/C47H78NO8P/c1-3-5-7-9-11-13-15-17-19-21-22-24-26-28-30-32-34-36-38-40-47(50)56-45(44-55-57(51,52)54-42-41-48)43-53-46(49)39-37-35-33-31-29-27-25-23-20-18-16-14-12-10-8-6-4-2/h5,7,11-14,17-20,22,24-25,27-28,30,45H,3-4,6,8-10,15-16,21,23,26,29,31-44,48H2,1-2H3,(H,51,52)/t45-/m1/s1. The Kier molecular flexibility index (Phi) is 40.2. The highest BCUT2D eigenvalue weighted by molar-refractivity contribution is 7.47. The highest BCUT2D eigenvalue weighted by atomic mass is 31.2. The molecule has 0 saturated carbocycles. The van der Waals surface area contributed by atoms with E-state index in [9.17, 15) is 19.0 Å². The third-order valence-corrected chi connectivity index (χ3v) is 9.44. The van der Waals surface area contributed by atoms with Crippen LogP contribution in [0.1, 0.15) is 155 Å². The van der Waals surface area contributed by atoms with Crippen molar-refractivity contribution in [1.82, 2.24) is 0 Å². The van der Waals surface area contributed by atoms with Gasteiger partial charge in [-0.25, -0.2) is 4.57 Å². The van der Waals surface area contributed by atoms with Gasteiger partial charge in [-0.1, -0.05) is 143 Å². The van der Waals surface area contributed by atoms with Crippen molar-refractivity contribution in [3.63, 3.8) is 0 Å². The van der Waals surface area contributed by atoms with Gasteiger partial charge < -0.3 is 20.1 Å². The zero-order chi connectivity index (χ0) is 41.8. The SMILES string of the molecule is CCC=CCC=CCC=CCC=CCC=CCCCCCC(=O)O[C@H](COC(=O)CCCCCCC=CCC=CCC=CCCCCC)COP(=O)(O)OCCN. The number of hydrogen-bond donors (Lipinski definition) is 2. The van der Waals surface area contributed by atoms with Crippen LogP contribution in [-0.2, 0) is 32.7 Å². The number of ether oxygens (including phenoxy) is 2. The van der Waals surface area contributed by atoms with Crippen LogP contribution in [0.5, 0.6) is 0 Å². The average Bonchev–Trinajstić information content (AvgIpc) is 3.20. The largest absolute Gasteiger partial charge is 0.472 e. The Morgan fingerprint density at radius 2 is 0.965 bits per heavy atom. The fourth-order valence-electron chi connectivity index (χ4n) is 5.25. The Balaban J connectivity index is 4.29. The fraction of sp³-hybridized carbons (Fsp3) is 0.617. The molecule has 0 aromatic carbocycles. The smallest absolute Gasteiger partial charge is 0.462 e. The average molecular weight is 816 g/mol. The minimum Gasteiger partial charge on any atom is -0.462 e. The first-order valence-electron chi connectivity index (χ1n) is 21.7. The molecule has 3 N–H and O–H groups in total. The molecule has 0 spiro atoms. The maximum absolute atomic E-state index is 12.6. The summed E-state index contributed by atoms with van der Waals surface area (Å²) in [5, 5.41) is 0. The minimum absolute atomic E-state index is 0.0386. The maximum Gasteiger partial charge on any atom is 0.472 e. The van der Waals surface area contributed by atoms with E-state index in [1.807, 2.05) is 0 Å². The fourth-order valence-corrected chi connectivity index (χ4v) is 6.02. The van der Waals surface area contributed by atoms with Gasteiger partial charge in [0, 0.05) is 19.4 Å². The molecule has 0 rings (SSSR count). The zero-order valence-corrected chi connectivity index (χ0v) is 36.4. The lowest BCUT2D eigenvalue weighted by Crippen LogP contribution is -2.29. The number of hydrogen-bond acceptors (Lipinski definition) is 8. The summed E-state index contributed by atoms with van der Waals surface area (Å²) in [5.74, 6) is -0.902. The molecule has 0 radical (unpaired) electrons. The van der Waals surface area contributed by atoms with Crippen LogP contribution in [0.2, 0.25) is 0 Å². The Morgan fingerprint density at radius 1 is 0.544 bits per heavy atom. The third-order valence-electron chi connectivity index (χ3n) is 8.45. The van der Waals surface area contributed by atoms with Gasteiger partial charge in [0.1, 0.15) is 6.61 Å². The van der Waals surface area contributed by atoms with E-state index >= 15 is 0 Å². The van der Waals surface area contributed by atoms with Crippen molar-refractivity contribution >= 4 is 19.8 Å². The first kappa shape index (κ1) is 53.9. The van der Waals surface area contributed by atoms with Gasteiger partial charge in [0.25, 0.3) is 0 Å².